The lowest BCUT2D eigenvalue weighted by Crippen LogP contribution is -2.15. The highest BCUT2D eigenvalue weighted by Gasteiger charge is 2.12. The van der Waals surface area contributed by atoms with Gasteiger partial charge in [-0.05, 0) is 40.1 Å². The molecule has 4 N–H and O–H groups in total. The Morgan fingerprint density at radius 1 is 0.882 bits per heavy atom. The molecule has 34 heavy (non-hydrogen) atoms. The van der Waals surface area contributed by atoms with E-state index >= 15 is 0 Å². The van der Waals surface area contributed by atoms with Crippen molar-refractivity contribution in [3.8, 4) is 0 Å². The molecule has 0 radical (unpaired) electrons. The molecule has 166 valence electrons. The normalized spacial score (nSPS) is 11.6. The summed E-state index contributed by atoms with van der Waals surface area (Å²) >= 11 is 0. The van der Waals surface area contributed by atoms with Gasteiger partial charge < -0.3 is 16.0 Å². The second kappa shape index (κ2) is 9.03. The molecule has 3 aromatic carbocycles. The summed E-state index contributed by atoms with van der Waals surface area (Å²) in [4.78, 5) is 32.4. The van der Waals surface area contributed by atoms with E-state index in [0.717, 1.165) is 32.8 Å². The van der Waals surface area contributed by atoms with Crippen molar-refractivity contribution in [2.24, 2.45) is 5.73 Å². The minimum absolute atomic E-state index is 0.144. The van der Waals surface area contributed by atoms with Gasteiger partial charge in [-0.2, -0.15) is 0 Å². The zero-order valence-corrected chi connectivity index (χ0v) is 18.3. The zero-order chi connectivity index (χ0) is 23.5. The average Bonchev–Trinajstić information content (AvgIpc) is 3.25. The summed E-state index contributed by atoms with van der Waals surface area (Å²) in [5, 5.41) is 5.87. The molecule has 6 nitrogen and oxygen atoms in total. The van der Waals surface area contributed by atoms with Gasteiger partial charge in [-0.25, -0.2) is 4.98 Å². The largest absolute Gasteiger partial charge is 0.366 e. The van der Waals surface area contributed by atoms with Gasteiger partial charge in [0.05, 0.1) is 6.42 Å². The van der Waals surface area contributed by atoms with Gasteiger partial charge in [0.1, 0.15) is 11.5 Å². The minimum atomic E-state index is -0.508. The summed E-state index contributed by atoms with van der Waals surface area (Å²) in [6, 6.07) is 26.9. The number of anilines is 1. The Bertz CT molecular complexity index is 1550. The number of nitrogens with one attached hydrogen (secondary N) is 2. The quantitative estimate of drug-likeness (QED) is 0.323. The first-order valence-electron chi connectivity index (χ1n) is 10.9. The number of pyridine rings is 1. The monoisotopic (exact) mass is 446 g/mol. The highest BCUT2D eigenvalue weighted by atomic mass is 16.2. The smallest absolute Gasteiger partial charge is 0.249 e. The number of H-pyrrole nitrogens is 1. The van der Waals surface area contributed by atoms with Gasteiger partial charge in [0.15, 0.2) is 0 Å². The Hall–Kier alpha value is -4.71. The lowest BCUT2D eigenvalue weighted by Gasteiger charge is -2.08. The highest BCUT2D eigenvalue weighted by Crippen LogP contribution is 2.25. The lowest BCUT2D eigenvalue weighted by molar-refractivity contribution is -0.115. The van der Waals surface area contributed by atoms with Crippen molar-refractivity contribution < 1.29 is 9.59 Å². The molecule has 0 unspecified atom stereocenters. The Labute approximate surface area is 196 Å². The number of fused-ring (bicyclic) bond motifs is 2. The van der Waals surface area contributed by atoms with Gasteiger partial charge in [0, 0.05) is 22.7 Å². The third kappa shape index (κ3) is 4.29. The molecular formula is C28H22N4O2. The standard InChI is InChI=1S/C28H22N4O2/c29-27(34)24(19-7-2-1-3-8-19)15-21-17-30-28-23(21)13-14-25(32-28)31-26(33)16-20-11-6-10-18-9-4-5-12-22(18)20/h1-15,17H,16H2,(H2,29,34)(H2,30,31,32,33). The maximum Gasteiger partial charge on any atom is 0.249 e. The van der Waals surface area contributed by atoms with E-state index < -0.39 is 5.91 Å². The molecule has 0 fully saturated rings. The first-order valence-corrected chi connectivity index (χ1v) is 10.9. The summed E-state index contributed by atoms with van der Waals surface area (Å²) in [6.45, 7) is 0. The molecule has 0 aliphatic carbocycles. The van der Waals surface area contributed by atoms with E-state index in [-0.39, 0.29) is 12.3 Å². The van der Waals surface area contributed by atoms with E-state index in [1.54, 1.807) is 18.3 Å². The predicted octanol–water partition coefficient (Wildman–Crippen LogP) is 4.92. The molecule has 0 atom stereocenters. The Kier molecular flexibility index (Phi) is 5.62. The fourth-order valence-corrected chi connectivity index (χ4v) is 4.09. The molecule has 2 heterocycles. The number of primary amides is 1. The number of carbonyl (C=O) groups excluding carboxylic acids is 2. The van der Waals surface area contributed by atoms with Gasteiger partial charge in [0.25, 0.3) is 0 Å². The van der Waals surface area contributed by atoms with Crippen molar-refractivity contribution in [1.29, 1.82) is 0 Å². The van der Waals surface area contributed by atoms with Crippen LogP contribution < -0.4 is 11.1 Å². The molecule has 5 aromatic rings. The lowest BCUT2D eigenvalue weighted by atomic mass is 10.0. The van der Waals surface area contributed by atoms with Gasteiger partial charge in [-0.15, -0.1) is 0 Å². The zero-order valence-electron chi connectivity index (χ0n) is 18.3. The molecular weight excluding hydrogens is 424 g/mol. The van der Waals surface area contributed by atoms with E-state index in [1.807, 2.05) is 78.9 Å². The molecule has 2 amide bonds. The topological polar surface area (TPSA) is 101 Å². The van der Waals surface area contributed by atoms with Crippen LogP contribution >= 0.6 is 0 Å². The van der Waals surface area contributed by atoms with Crippen LogP contribution in [0.2, 0.25) is 0 Å². The van der Waals surface area contributed by atoms with Crippen molar-refractivity contribution in [2.45, 2.75) is 6.42 Å². The number of rotatable bonds is 6. The summed E-state index contributed by atoms with van der Waals surface area (Å²) in [5.74, 6) is -0.200. The van der Waals surface area contributed by atoms with Gasteiger partial charge in [-0.3, -0.25) is 9.59 Å². The number of carbonyl (C=O) groups is 2. The number of aromatic nitrogens is 2. The van der Waals surface area contributed by atoms with Crippen LogP contribution in [0.3, 0.4) is 0 Å². The van der Waals surface area contributed by atoms with Crippen LogP contribution in [0.25, 0.3) is 33.5 Å². The van der Waals surface area contributed by atoms with Crippen LogP contribution in [0.5, 0.6) is 0 Å². The van der Waals surface area contributed by atoms with Crippen LogP contribution in [-0.2, 0) is 16.0 Å². The third-order valence-electron chi connectivity index (χ3n) is 5.72. The molecule has 0 aliphatic rings. The number of aromatic amines is 1. The first kappa shape index (κ1) is 21.2. The minimum Gasteiger partial charge on any atom is -0.366 e. The van der Waals surface area contributed by atoms with Crippen LogP contribution in [0.4, 0.5) is 5.82 Å². The summed E-state index contributed by atoms with van der Waals surface area (Å²) in [5.41, 5.74) is 9.13. The third-order valence-corrected chi connectivity index (χ3v) is 5.72. The van der Waals surface area contributed by atoms with Crippen molar-refractivity contribution in [3.05, 3.63) is 108 Å². The molecule has 0 saturated heterocycles. The van der Waals surface area contributed by atoms with E-state index in [0.29, 0.717) is 17.0 Å². The highest BCUT2D eigenvalue weighted by molar-refractivity contribution is 6.24. The predicted molar refractivity (Wildman–Crippen MR) is 136 cm³/mol. The molecule has 0 aliphatic heterocycles. The van der Waals surface area contributed by atoms with E-state index in [2.05, 4.69) is 15.3 Å². The van der Waals surface area contributed by atoms with Crippen LogP contribution in [-0.4, -0.2) is 21.8 Å². The van der Waals surface area contributed by atoms with Gasteiger partial charge in [0.2, 0.25) is 11.8 Å². The van der Waals surface area contributed by atoms with Crippen molar-refractivity contribution in [3.63, 3.8) is 0 Å². The molecule has 6 heteroatoms. The number of hydrogen-bond donors (Lipinski definition) is 3. The Balaban J connectivity index is 1.38. The number of nitrogens with two attached hydrogens (primary N) is 1. The average molecular weight is 447 g/mol. The fraction of sp³-hybridized carbons (Fsp3) is 0.0357. The van der Waals surface area contributed by atoms with E-state index in [4.69, 9.17) is 5.73 Å². The second-order valence-electron chi connectivity index (χ2n) is 7.99. The second-order valence-corrected chi connectivity index (χ2v) is 7.99. The maximum atomic E-state index is 12.7. The number of hydrogen-bond acceptors (Lipinski definition) is 3. The molecule has 0 spiro atoms. The first-order chi connectivity index (χ1) is 16.6. The van der Waals surface area contributed by atoms with Crippen LogP contribution in [0.1, 0.15) is 16.7 Å². The molecule has 0 saturated carbocycles. The molecule has 0 bridgehead atoms. The summed E-state index contributed by atoms with van der Waals surface area (Å²) in [7, 11) is 0. The van der Waals surface area contributed by atoms with Crippen molar-refractivity contribution in [1.82, 2.24) is 9.97 Å². The maximum absolute atomic E-state index is 12.7. The molecule has 5 rings (SSSR count). The SMILES string of the molecule is NC(=O)C(=Cc1c[nH]c2nc(NC(=O)Cc3cccc4ccccc34)ccc12)c1ccccc1. The number of nitrogens with zero attached hydrogens (tertiary/aromatic N) is 1. The van der Waals surface area contributed by atoms with Gasteiger partial charge >= 0.3 is 0 Å². The van der Waals surface area contributed by atoms with Crippen LogP contribution in [0.15, 0.2) is 91.1 Å². The fourth-order valence-electron chi connectivity index (χ4n) is 4.09. The van der Waals surface area contributed by atoms with Crippen molar-refractivity contribution in [2.75, 3.05) is 5.32 Å². The Morgan fingerprint density at radius 2 is 1.65 bits per heavy atom. The van der Waals surface area contributed by atoms with Gasteiger partial charge in [-0.1, -0.05) is 72.8 Å². The summed E-state index contributed by atoms with van der Waals surface area (Å²) < 4.78 is 0. The van der Waals surface area contributed by atoms with Crippen molar-refractivity contribution >= 4 is 51.1 Å². The van der Waals surface area contributed by atoms with E-state index in [1.165, 1.54) is 0 Å². The van der Waals surface area contributed by atoms with E-state index in [9.17, 15) is 9.59 Å². The summed E-state index contributed by atoms with van der Waals surface area (Å²) in [6.07, 6.45) is 3.76. The van der Waals surface area contributed by atoms with Crippen LogP contribution in [0, 0.1) is 0 Å². The molecule has 2 aromatic heterocycles. The number of amides is 2. The Morgan fingerprint density at radius 3 is 2.47 bits per heavy atom. The number of benzene rings is 3.